The third-order valence-corrected chi connectivity index (χ3v) is 5.33. The Morgan fingerprint density at radius 3 is 2.75 bits per heavy atom. The number of hydrogen-bond donors (Lipinski definition) is 1. The summed E-state index contributed by atoms with van der Waals surface area (Å²) in [6.45, 7) is 1.22. The van der Waals surface area contributed by atoms with Crippen LogP contribution in [0.5, 0.6) is 0 Å². The molecule has 0 spiro atoms. The zero-order chi connectivity index (χ0) is 14.2. The van der Waals surface area contributed by atoms with Crippen LogP contribution in [0.2, 0.25) is 0 Å². The first-order valence-corrected chi connectivity index (χ1v) is 7.66. The minimum atomic E-state index is -1.50. The first-order chi connectivity index (χ1) is 9.62. The number of carboxylic acid groups (broad SMARTS) is 1. The van der Waals surface area contributed by atoms with Crippen molar-refractivity contribution in [3.05, 3.63) is 57.8 Å². The predicted molar refractivity (Wildman–Crippen MR) is 80.0 cm³/mol. The lowest BCUT2D eigenvalue weighted by atomic mass is 10.0. The van der Waals surface area contributed by atoms with Crippen molar-refractivity contribution in [3.8, 4) is 0 Å². The molecule has 1 N–H and O–H groups in total. The maximum atomic E-state index is 11.8. The number of aliphatic carboxylic acids is 1. The van der Waals surface area contributed by atoms with E-state index >= 15 is 0 Å². The van der Waals surface area contributed by atoms with Gasteiger partial charge in [0.1, 0.15) is 0 Å². The Morgan fingerprint density at radius 1 is 1.30 bits per heavy atom. The fourth-order valence-electron chi connectivity index (χ4n) is 2.61. The number of thiophene rings is 1. The maximum Gasteiger partial charge on any atom is 0.344 e. The number of carboxylic acids is 1. The maximum absolute atomic E-state index is 11.8. The summed E-state index contributed by atoms with van der Waals surface area (Å²) in [5.41, 5.74) is 1.79. The van der Waals surface area contributed by atoms with E-state index in [1.807, 2.05) is 28.5 Å². The summed E-state index contributed by atoms with van der Waals surface area (Å²) in [5, 5.41) is 11.7. The van der Waals surface area contributed by atoms with Crippen LogP contribution in [0.15, 0.2) is 41.8 Å². The smallest absolute Gasteiger partial charge is 0.344 e. The lowest BCUT2D eigenvalue weighted by Gasteiger charge is -2.38. The lowest BCUT2D eigenvalue weighted by molar-refractivity contribution is -0.147. The molecule has 0 aliphatic carbocycles. The molecule has 1 unspecified atom stereocenters. The summed E-state index contributed by atoms with van der Waals surface area (Å²) in [7, 11) is 0. The van der Waals surface area contributed by atoms with E-state index in [1.165, 1.54) is 10.4 Å². The molecule has 0 amide bonds. The van der Waals surface area contributed by atoms with Crippen molar-refractivity contribution in [2.45, 2.75) is 18.0 Å². The number of fused-ring (bicyclic) bond motifs is 1. The van der Waals surface area contributed by atoms with Crippen LogP contribution in [-0.2, 0) is 22.8 Å². The van der Waals surface area contributed by atoms with Gasteiger partial charge in [-0.3, -0.25) is 4.90 Å². The summed E-state index contributed by atoms with van der Waals surface area (Å²) in [4.78, 5) is 13.5. The number of nitrogens with zero attached hydrogens (tertiary/aromatic N) is 1. The molecule has 20 heavy (non-hydrogen) atoms. The second kappa shape index (κ2) is 5.20. The standard InChI is InChI=1S/C15H14ClNO2S/c16-15(14(18)19,12-4-2-1-3-5-12)17-8-6-13-11(10-17)7-9-20-13/h1-5,7,9H,6,8,10H2,(H,18,19). The molecule has 5 heteroatoms. The average Bonchev–Trinajstić information content (AvgIpc) is 2.94. The van der Waals surface area contributed by atoms with Crippen LogP contribution in [0.1, 0.15) is 16.0 Å². The Kier molecular flexibility index (Phi) is 3.54. The molecule has 1 aliphatic heterocycles. The fourth-order valence-corrected chi connectivity index (χ4v) is 3.77. The number of benzene rings is 1. The SMILES string of the molecule is O=C(O)C(Cl)(c1ccccc1)N1CCc2sccc2C1. The summed E-state index contributed by atoms with van der Waals surface area (Å²) < 4.78 is 0. The van der Waals surface area contributed by atoms with Gasteiger partial charge < -0.3 is 5.11 Å². The van der Waals surface area contributed by atoms with Gasteiger partial charge in [-0.2, -0.15) is 0 Å². The van der Waals surface area contributed by atoms with E-state index in [4.69, 9.17) is 11.6 Å². The predicted octanol–water partition coefficient (Wildman–Crippen LogP) is 3.28. The van der Waals surface area contributed by atoms with Gasteiger partial charge in [0, 0.05) is 18.0 Å². The normalized spacial score (nSPS) is 18.2. The molecule has 0 saturated carbocycles. The van der Waals surface area contributed by atoms with Crippen molar-refractivity contribution in [1.29, 1.82) is 0 Å². The van der Waals surface area contributed by atoms with Crippen LogP contribution in [-0.4, -0.2) is 22.5 Å². The van der Waals surface area contributed by atoms with Crippen molar-refractivity contribution < 1.29 is 9.90 Å². The van der Waals surface area contributed by atoms with Gasteiger partial charge in [0.2, 0.25) is 5.00 Å². The van der Waals surface area contributed by atoms with Crippen LogP contribution in [0, 0.1) is 0 Å². The molecule has 3 nitrogen and oxygen atoms in total. The van der Waals surface area contributed by atoms with Crippen LogP contribution in [0.25, 0.3) is 0 Å². The third-order valence-electron chi connectivity index (χ3n) is 3.68. The lowest BCUT2D eigenvalue weighted by Crippen LogP contribution is -2.49. The molecule has 2 heterocycles. The Hall–Kier alpha value is -1.36. The van der Waals surface area contributed by atoms with Gasteiger partial charge in [-0.05, 0) is 29.0 Å². The van der Waals surface area contributed by atoms with Gasteiger partial charge in [0.15, 0.2) is 0 Å². The second-order valence-electron chi connectivity index (χ2n) is 4.83. The second-order valence-corrected chi connectivity index (χ2v) is 6.38. The molecule has 0 saturated heterocycles. The van der Waals surface area contributed by atoms with E-state index in [-0.39, 0.29) is 0 Å². The van der Waals surface area contributed by atoms with E-state index in [2.05, 4.69) is 6.07 Å². The van der Waals surface area contributed by atoms with Crippen molar-refractivity contribution in [1.82, 2.24) is 4.90 Å². The van der Waals surface area contributed by atoms with E-state index in [1.54, 1.807) is 23.5 Å². The molecule has 1 aliphatic rings. The van der Waals surface area contributed by atoms with Gasteiger partial charge >= 0.3 is 5.97 Å². The molecular weight excluding hydrogens is 294 g/mol. The summed E-state index contributed by atoms with van der Waals surface area (Å²) in [6.07, 6.45) is 0.849. The molecule has 1 aromatic carbocycles. The van der Waals surface area contributed by atoms with Crippen LogP contribution in [0.3, 0.4) is 0 Å². The highest BCUT2D eigenvalue weighted by atomic mass is 35.5. The summed E-state index contributed by atoms with van der Waals surface area (Å²) in [5.74, 6) is -1.02. The van der Waals surface area contributed by atoms with Gasteiger partial charge in [-0.1, -0.05) is 41.9 Å². The molecule has 1 atom stereocenters. The van der Waals surface area contributed by atoms with E-state index in [0.717, 1.165) is 6.42 Å². The Morgan fingerprint density at radius 2 is 2.05 bits per heavy atom. The molecule has 2 aromatic rings. The summed E-state index contributed by atoms with van der Waals surface area (Å²) in [6, 6.07) is 11.1. The van der Waals surface area contributed by atoms with Gasteiger partial charge in [0.05, 0.1) is 0 Å². The Bertz CT molecular complexity index is 628. The van der Waals surface area contributed by atoms with Crippen molar-refractivity contribution >= 4 is 28.9 Å². The third kappa shape index (κ3) is 2.14. The highest BCUT2D eigenvalue weighted by molar-refractivity contribution is 7.10. The Balaban J connectivity index is 1.99. The molecule has 3 rings (SSSR count). The van der Waals surface area contributed by atoms with Crippen LogP contribution >= 0.6 is 22.9 Å². The summed E-state index contributed by atoms with van der Waals surface area (Å²) >= 11 is 8.27. The van der Waals surface area contributed by atoms with E-state index in [0.29, 0.717) is 18.7 Å². The molecular formula is C15H14ClNO2S. The van der Waals surface area contributed by atoms with Gasteiger partial charge in [-0.25, -0.2) is 4.79 Å². The minimum Gasteiger partial charge on any atom is -0.479 e. The quantitative estimate of drug-likeness (QED) is 0.699. The van der Waals surface area contributed by atoms with Crippen molar-refractivity contribution in [2.24, 2.45) is 0 Å². The number of rotatable bonds is 3. The average molecular weight is 308 g/mol. The van der Waals surface area contributed by atoms with Gasteiger partial charge in [0.25, 0.3) is 0 Å². The minimum absolute atomic E-state index is 0.573. The van der Waals surface area contributed by atoms with Crippen molar-refractivity contribution in [2.75, 3.05) is 6.54 Å². The Labute approximate surface area is 126 Å². The zero-order valence-electron chi connectivity index (χ0n) is 10.8. The molecule has 0 bridgehead atoms. The molecule has 0 radical (unpaired) electrons. The number of halogens is 1. The molecule has 1 aromatic heterocycles. The molecule has 104 valence electrons. The number of carbonyl (C=O) groups is 1. The van der Waals surface area contributed by atoms with Gasteiger partial charge in [-0.15, -0.1) is 11.3 Å². The van der Waals surface area contributed by atoms with E-state index in [9.17, 15) is 9.90 Å². The topological polar surface area (TPSA) is 40.5 Å². The highest BCUT2D eigenvalue weighted by Crippen LogP contribution is 2.38. The number of alkyl halides is 1. The number of hydrogen-bond acceptors (Lipinski definition) is 3. The van der Waals surface area contributed by atoms with E-state index < -0.39 is 11.0 Å². The van der Waals surface area contributed by atoms with Crippen molar-refractivity contribution in [3.63, 3.8) is 0 Å². The highest BCUT2D eigenvalue weighted by Gasteiger charge is 2.45. The fraction of sp³-hybridized carbons (Fsp3) is 0.267. The monoisotopic (exact) mass is 307 g/mol. The largest absolute Gasteiger partial charge is 0.479 e. The zero-order valence-corrected chi connectivity index (χ0v) is 12.3. The van der Waals surface area contributed by atoms with Crippen LogP contribution in [0.4, 0.5) is 0 Å². The molecule has 0 fully saturated rings. The van der Waals surface area contributed by atoms with Crippen LogP contribution < -0.4 is 0 Å². The first kappa shape index (κ1) is 13.6. The first-order valence-electron chi connectivity index (χ1n) is 6.40.